The molecule has 114 valence electrons. The molecule has 21 heavy (non-hydrogen) atoms. The van der Waals surface area contributed by atoms with Gasteiger partial charge in [-0.25, -0.2) is 0 Å². The summed E-state index contributed by atoms with van der Waals surface area (Å²) in [7, 11) is 1.46. The molecular weight excluding hydrogens is 300 g/mol. The number of carbonyl (C=O) groups excluding carboxylic acids is 2. The number of hydrogen-bond donors (Lipinski definition) is 0. The van der Waals surface area contributed by atoms with Crippen LogP contribution in [0.1, 0.15) is 23.7 Å². The molecule has 0 saturated carbocycles. The molecular formula is C13H15ClN2O5. The highest BCUT2D eigenvalue weighted by Gasteiger charge is 2.23. The first-order chi connectivity index (χ1) is 9.86. The van der Waals surface area contributed by atoms with E-state index >= 15 is 0 Å². The van der Waals surface area contributed by atoms with Crippen molar-refractivity contribution in [2.45, 2.75) is 13.3 Å². The van der Waals surface area contributed by atoms with Gasteiger partial charge in [-0.05, 0) is 19.1 Å². The zero-order valence-corrected chi connectivity index (χ0v) is 12.4. The monoisotopic (exact) mass is 314 g/mol. The summed E-state index contributed by atoms with van der Waals surface area (Å²) in [5.41, 5.74) is -0.439. The Bertz CT molecular complexity index is 561. The fraction of sp³-hybridized carbons (Fsp3) is 0.385. The standard InChI is InChI=1S/C13H15ClN2O5/c1-3-21-12(17)6-7-15(2)13(18)10-5-4-9(14)8-11(10)16(19)20/h4-5,8H,3,6-7H2,1-2H3. The molecule has 0 saturated heterocycles. The molecule has 0 aliphatic carbocycles. The molecule has 0 spiro atoms. The number of nitro benzene ring substituents is 1. The SMILES string of the molecule is CCOC(=O)CCN(C)C(=O)c1ccc(Cl)cc1[N+](=O)[O-]. The quantitative estimate of drug-likeness (QED) is 0.456. The molecule has 0 atom stereocenters. The Kier molecular flexibility index (Phi) is 6.10. The van der Waals surface area contributed by atoms with Crippen molar-refractivity contribution in [1.29, 1.82) is 0 Å². The zero-order valence-electron chi connectivity index (χ0n) is 11.7. The van der Waals surface area contributed by atoms with E-state index in [2.05, 4.69) is 0 Å². The Morgan fingerprint density at radius 3 is 2.67 bits per heavy atom. The number of halogens is 1. The second-order valence-electron chi connectivity index (χ2n) is 4.20. The van der Waals surface area contributed by atoms with Gasteiger partial charge in [0.1, 0.15) is 5.56 Å². The van der Waals surface area contributed by atoms with Crippen molar-refractivity contribution < 1.29 is 19.2 Å². The van der Waals surface area contributed by atoms with Crippen LogP contribution in [0.25, 0.3) is 0 Å². The molecule has 7 nitrogen and oxygen atoms in total. The minimum absolute atomic E-state index is 0.0253. The second-order valence-corrected chi connectivity index (χ2v) is 4.64. The molecule has 0 aliphatic heterocycles. The Balaban J connectivity index is 2.83. The van der Waals surface area contributed by atoms with Crippen molar-refractivity contribution in [2.75, 3.05) is 20.2 Å². The molecule has 0 fully saturated rings. The fourth-order valence-corrected chi connectivity index (χ4v) is 1.80. The maximum Gasteiger partial charge on any atom is 0.307 e. The number of amides is 1. The average molecular weight is 315 g/mol. The Hall–Kier alpha value is -2.15. The second kappa shape index (κ2) is 7.58. The summed E-state index contributed by atoms with van der Waals surface area (Å²) >= 11 is 5.69. The van der Waals surface area contributed by atoms with E-state index < -0.39 is 16.8 Å². The molecule has 0 radical (unpaired) electrons. The molecule has 0 aliphatic rings. The van der Waals surface area contributed by atoms with Gasteiger partial charge in [-0.1, -0.05) is 11.6 Å². The third-order valence-electron chi connectivity index (χ3n) is 2.69. The summed E-state index contributed by atoms with van der Waals surface area (Å²) in [5.74, 6) is -0.981. The van der Waals surface area contributed by atoms with Crippen LogP contribution in [0.4, 0.5) is 5.69 Å². The third-order valence-corrected chi connectivity index (χ3v) is 2.93. The van der Waals surface area contributed by atoms with Crippen LogP contribution in [0.5, 0.6) is 0 Å². The number of carbonyl (C=O) groups is 2. The van der Waals surface area contributed by atoms with Gasteiger partial charge in [-0.15, -0.1) is 0 Å². The van der Waals surface area contributed by atoms with Gasteiger partial charge in [0, 0.05) is 24.7 Å². The average Bonchev–Trinajstić information content (AvgIpc) is 2.44. The molecule has 0 bridgehead atoms. The van der Waals surface area contributed by atoms with E-state index in [1.54, 1.807) is 6.92 Å². The van der Waals surface area contributed by atoms with E-state index in [-0.39, 0.29) is 35.8 Å². The van der Waals surface area contributed by atoms with Crippen molar-refractivity contribution in [3.05, 3.63) is 38.9 Å². The third kappa shape index (κ3) is 4.71. The number of nitrogens with zero attached hydrogens (tertiary/aromatic N) is 2. The van der Waals surface area contributed by atoms with Crippen molar-refractivity contribution >= 4 is 29.2 Å². The number of rotatable bonds is 6. The summed E-state index contributed by atoms with van der Waals surface area (Å²) in [4.78, 5) is 34.9. The van der Waals surface area contributed by atoms with Crippen LogP contribution in [0.15, 0.2) is 18.2 Å². The number of nitro groups is 1. The highest BCUT2D eigenvalue weighted by Crippen LogP contribution is 2.24. The molecule has 8 heteroatoms. The van der Waals surface area contributed by atoms with Gasteiger partial charge in [-0.3, -0.25) is 19.7 Å². The van der Waals surface area contributed by atoms with Gasteiger partial charge in [0.2, 0.25) is 0 Å². The smallest absolute Gasteiger partial charge is 0.307 e. The summed E-state index contributed by atoms with van der Waals surface area (Å²) in [6.45, 7) is 2.06. The maximum atomic E-state index is 12.2. The van der Waals surface area contributed by atoms with Crippen LogP contribution >= 0.6 is 11.6 Å². The number of hydrogen-bond acceptors (Lipinski definition) is 5. The number of esters is 1. The molecule has 0 unspecified atom stereocenters. The van der Waals surface area contributed by atoms with Crippen LogP contribution in [-0.4, -0.2) is 41.9 Å². The lowest BCUT2D eigenvalue weighted by molar-refractivity contribution is -0.385. The van der Waals surface area contributed by atoms with Gasteiger partial charge in [0.05, 0.1) is 18.0 Å². The zero-order chi connectivity index (χ0) is 16.0. The molecule has 1 aromatic carbocycles. The lowest BCUT2D eigenvalue weighted by atomic mass is 10.1. The Labute approximate surface area is 126 Å². The summed E-state index contributed by atoms with van der Waals surface area (Å²) < 4.78 is 4.75. The molecule has 0 heterocycles. The highest BCUT2D eigenvalue weighted by molar-refractivity contribution is 6.31. The van der Waals surface area contributed by atoms with Crippen LogP contribution in [0.2, 0.25) is 5.02 Å². The molecule has 1 aromatic rings. The molecule has 0 N–H and O–H groups in total. The molecule has 1 rings (SSSR count). The Morgan fingerprint density at radius 1 is 1.43 bits per heavy atom. The van der Waals surface area contributed by atoms with Crippen LogP contribution in [0.3, 0.4) is 0 Å². The normalized spacial score (nSPS) is 10.0. The maximum absolute atomic E-state index is 12.2. The molecule has 1 amide bonds. The lowest BCUT2D eigenvalue weighted by Crippen LogP contribution is -2.30. The predicted octanol–water partition coefficient (Wildman–Crippen LogP) is 2.27. The minimum Gasteiger partial charge on any atom is -0.466 e. The lowest BCUT2D eigenvalue weighted by Gasteiger charge is -2.16. The van der Waals surface area contributed by atoms with Gasteiger partial charge in [0.15, 0.2) is 0 Å². The van der Waals surface area contributed by atoms with E-state index in [0.717, 1.165) is 6.07 Å². The molecule has 0 aromatic heterocycles. The number of benzene rings is 1. The van der Waals surface area contributed by atoms with Gasteiger partial charge in [-0.2, -0.15) is 0 Å². The topological polar surface area (TPSA) is 89.8 Å². The van der Waals surface area contributed by atoms with Crippen molar-refractivity contribution in [2.24, 2.45) is 0 Å². The van der Waals surface area contributed by atoms with Crippen LogP contribution in [-0.2, 0) is 9.53 Å². The van der Waals surface area contributed by atoms with Crippen molar-refractivity contribution in [3.8, 4) is 0 Å². The van der Waals surface area contributed by atoms with Crippen molar-refractivity contribution in [1.82, 2.24) is 4.90 Å². The van der Waals surface area contributed by atoms with E-state index in [1.165, 1.54) is 24.1 Å². The van der Waals surface area contributed by atoms with E-state index in [0.29, 0.717) is 0 Å². The largest absolute Gasteiger partial charge is 0.466 e. The van der Waals surface area contributed by atoms with Crippen molar-refractivity contribution in [3.63, 3.8) is 0 Å². The summed E-state index contributed by atoms with van der Waals surface area (Å²) in [6, 6.07) is 3.82. The highest BCUT2D eigenvalue weighted by atomic mass is 35.5. The van der Waals surface area contributed by atoms with Gasteiger partial charge in [0.25, 0.3) is 11.6 Å². The first kappa shape index (κ1) is 16.9. The first-order valence-corrected chi connectivity index (χ1v) is 6.59. The van der Waals surface area contributed by atoms with E-state index in [4.69, 9.17) is 16.3 Å². The summed E-state index contributed by atoms with van der Waals surface area (Å²) in [6.07, 6.45) is 0.0253. The Morgan fingerprint density at radius 2 is 2.10 bits per heavy atom. The van der Waals surface area contributed by atoms with Gasteiger partial charge >= 0.3 is 5.97 Å². The first-order valence-electron chi connectivity index (χ1n) is 6.21. The van der Waals surface area contributed by atoms with Gasteiger partial charge < -0.3 is 9.64 Å². The minimum atomic E-state index is -0.668. The predicted molar refractivity (Wildman–Crippen MR) is 76.3 cm³/mol. The number of ether oxygens (including phenoxy) is 1. The fourth-order valence-electron chi connectivity index (χ4n) is 1.64. The van der Waals surface area contributed by atoms with Crippen LogP contribution in [0, 0.1) is 10.1 Å². The van der Waals surface area contributed by atoms with E-state index in [1.807, 2.05) is 0 Å². The summed E-state index contributed by atoms with van der Waals surface area (Å²) in [5, 5.41) is 11.1. The van der Waals surface area contributed by atoms with E-state index in [9.17, 15) is 19.7 Å². The van der Waals surface area contributed by atoms with Crippen LogP contribution < -0.4 is 0 Å².